The van der Waals surface area contributed by atoms with Crippen molar-refractivity contribution in [1.29, 1.82) is 0 Å². The SMILES string of the molecule is O=Cc1ncc(Cl)c(-c2cccc3c2cnn3I)n1. The Hall–Kier alpha value is -1.54. The Morgan fingerprint density at radius 2 is 2.16 bits per heavy atom. The second-order valence-corrected chi connectivity index (χ2v) is 5.11. The molecule has 0 fully saturated rings. The molecule has 0 aliphatic rings. The molecule has 0 radical (unpaired) electrons. The smallest absolute Gasteiger partial charge is 0.193 e. The fourth-order valence-electron chi connectivity index (χ4n) is 1.85. The summed E-state index contributed by atoms with van der Waals surface area (Å²) in [5.41, 5.74) is 2.32. The molecular formula is C12H6ClIN4O. The Bertz CT molecular complexity index is 786. The number of carbonyl (C=O) groups excluding carboxylic acids is 1. The molecule has 3 rings (SSSR count). The van der Waals surface area contributed by atoms with Gasteiger partial charge in [-0.25, -0.2) is 12.9 Å². The van der Waals surface area contributed by atoms with Crippen LogP contribution in [0.2, 0.25) is 5.02 Å². The number of rotatable bonds is 2. The summed E-state index contributed by atoms with van der Waals surface area (Å²) in [5, 5.41) is 5.53. The van der Waals surface area contributed by atoms with Crippen LogP contribution in [0.1, 0.15) is 10.6 Å². The fraction of sp³-hybridized carbons (Fsp3) is 0. The van der Waals surface area contributed by atoms with Gasteiger partial charge in [0.1, 0.15) is 0 Å². The molecule has 5 nitrogen and oxygen atoms in total. The number of nitrogens with zero attached hydrogens (tertiary/aromatic N) is 4. The second kappa shape index (κ2) is 4.86. The Kier molecular flexibility index (Phi) is 3.19. The third-order valence-electron chi connectivity index (χ3n) is 2.69. The fourth-order valence-corrected chi connectivity index (χ4v) is 2.59. The van der Waals surface area contributed by atoms with E-state index >= 15 is 0 Å². The maximum Gasteiger partial charge on any atom is 0.193 e. The van der Waals surface area contributed by atoms with Crippen LogP contribution in [0.5, 0.6) is 0 Å². The number of fused-ring (bicyclic) bond motifs is 1. The quantitative estimate of drug-likeness (QED) is 0.503. The average Bonchev–Trinajstić information content (AvgIpc) is 2.81. The molecule has 3 aromatic rings. The van der Waals surface area contributed by atoms with Crippen LogP contribution in [-0.4, -0.2) is 24.2 Å². The molecule has 0 unspecified atom stereocenters. The normalized spacial score (nSPS) is 10.8. The van der Waals surface area contributed by atoms with E-state index in [2.05, 4.69) is 37.9 Å². The van der Waals surface area contributed by atoms with Gasteiger partial charge < -0.3 is 0 Å². The predicted molar refractivity (Wildman–Crippen MR) is 80.6 cm³/mol. The Balaban J connectivity index is 2.32. The third-order valence-corrected chi connectivity index (χ3v) is 3.74. The van der Waals surface area contributed by atoms with E-state index in [0.717, 1.165) is 16.5 Å². The molecule has 0 atom stereocenters. The highest BCUT2D eigenvalue weighted by Gasteiger charge is 2.13. The first-order valence-electron chi connectivity index (χ1n) is 5.31. The summed E-state index contributed by atoms with van der Waals surface area (Å²) in [6, 6.07) is 5.74. The Labute approximate surface area is 127 Å². The van der Waals surface area contributed by atoms with E-state index in [1.807, 2.05) is 18.2 Å². The van der Waals surface area contributed by atoms with Crippen LogP contribution in [0.3, 0.4) is 0 Å². The largest absolute Gasteiger partial charge is 0.294 e. The summed E-state index contributed by atoms with van der Waals surface area (Å²) in [7, 11) is 0. The van der Waals surface area contributed by atoms with E-state index in [0.29, 0.717) is 17.0 Å². The average molecular weight is 385 g/mol. The topological polar surface area (TPSA) is 60.7 Å². The van der Waals surface area contributed by atoms with E-state index in [4.69, 9.17) is 11.6 Å². The Morgan fingerprint density at radius 3 is 2.95 bits per heavy atom. The highest BCUT2D eigenvalue weighted by Crippen LogP contribution is 2.31. The summed E-state index contributed by atoms with van der Waals surface area (Å²) in [6.07, 6.45) is 3.78. The van der Waals surface area contributed by atoms with Crippen molar-refractivity contribution in [3.63, 3.8) is 0 Å². The number of aldehydes is 1. The maximum atomic E-state index is 10.8. The van der Waals surface area contributed by atoms with Gasteiger partial charge in [-0.05, 0) is 6.07 Å². The van der Waals surface area contributed by atoms with Gasteiger partial charge in [-0.1, -0.05) is 23.7 Å². The number of halogens is 2. The zero-order chi connectivity index (χ0) is 13.4. The molecule has 0 aliphatic heterocycles. The molecule has 0 saturated heterocycles. The van der Waals surface area contributed by atoms with Gasteiger partial charge in [0.15, 0.2) is 12.1 Å². The molecule has 19 heavy (non-hydrogen) atoms. The predicted octanol–water partition coefficient (Wildman–Crippen LogP) is 3.16. The summed E-state index contributed by atoms with van der Waals surface area (Å²) >= 11 is 8.22. The van der Waals surface area contributed by atoms with Gasteiger partial charge in [0, 0.05) is 10.9 Å². The van der Waals surface area contributed by atoms with Crippen molar-refractivity contribution in [3.8, 4) is 11.3 Å². The first kappa shape index (κ1) is 12.5. The van der Waals surface area contributed by atoms with E-state index in [1.54, 1.807) is 9.09 Å². The van der Waals surface area contributed by atoms with Crippen LogP contribution in [-0.2, 0) is 0 Å². The zero-order valence-corrected chi connectivity index (χ0v) is 12.3. The highest BCUT2D eigenvalue weighted by molar-refractivity contribution is 14.1. The molecule has 94 valence electrons. The molecule has 0 amide bonds. The lowest BCUT2D eigenvalue weighted by Crippen LogP contribution is -1.95. The molecular weight excluding hydrogens is 379 g/mol. The van der Waals surface area contributed by atoms with Gasteiger partial charge in [-0.15, -0.1) is 0 Å². The van der Waals surface area contributed by atoms with Crippen LogP contribution in [0.15, 0.2) is 30.6 Å². The molecule has 0 saturated carbocycles. The van der Waals surface area contributed by atoms with Gasteiger partial charge in [-0.2, -0.15) is 5.10 Å². The highest BCUT2D eigenvalue weighted by atomic mass is 127. The molecule has 0 aliphatic carbocycles. The molecule has 7 heteroatoms. The minimum absolute atomic E-state index is 0.110. The van der Waals surface area contributed by atoms with Gasteiger partial charge in [0.25, 0.3) is 0 Å². The van der Waals surface area contributed by atoms with E-state index in [9.17, 15) is 4.79 Å². The number of carbonyl (C=O) groups is 1. The van der Waals surface area contributed by atoms with Gasteiger partial charge in [0.05, 0.1) is 51.5 Å². The minimum atomic E-state index is 0.110. The lowest BCUT2D eigenvalue weighted by Gasteiger charge is -2.05. The zero-order valence-electron chi connectivity index (χ0n) is 9.42. The first-order chi connectivity index (χ1) is 9.20. The van der Waals surface area contributed by atoms with Crippen LogP contribution in [0, 0.1) is 0 Å². The van der Waals surface area contributed by atoms with Crippen LogP contribution < -0.4 is 0 Å². The molecule has 1 aromatic carbocycles. The number of benzene rings is 1. The minimum Gasteiger partial charge on any atom is -0.294 e. The second-order valence-electron chi connectivity index (χ2n) is 3.79. The van der Waals surface area contributed by atoms with E-state index in [-0.39, 0.29) is 5.82 Å². The number of hydrogen-bond acceptors (Lipinski definition) is 4. The summed E-state index contributed by atoms with van der Waals surface area (Å²) in [5.74, 6) is 0.110. The molecule has 0 bridgehead atoms. The van der Waals surface area contributed by atoms with Crippen molar-refractivity contribution in [2.24, 2.45) is 0 Å². The molecule has 0 N–H and O–H groups in total. The van der Waals surface area contributed by atoms with Crippen molar-refractivity contribution in [2.45, 2.75) is 0 Å². The third kappa shape index (κ3) is 2.10. The van der Waals surface area contributed by atoms with Crippen molar-refractivity contribution >= 4 is 51.7 Å². The lowest BCUT2D eigenvalue weighted by molar-refractivity contribution is 0.111. The van der Waals surface area contributed by atoms with Crippen molar-refractivity contribution in [3.05, 3.63) is 41.4 Å². The van der Waals surface area contributed by atoms with Crippen LogP contribution >= 0.6 is 34.5 Å². The van der Waals surface area contributed by atoms with Crippen molar-refractivity contribution in [2.75, 3.05) is 0 Å². The summed E-state index contributed by atoms with van der Waals surface area (Å²) in [4.78, 5) is 18.8. The number of hydrogen-bond donors (Lipinski definition) is 0. The van der Waals surface area contributed by atoms with E-state index < -0.39 is 0 Å². The Morgan fingerprint density at radius 1 is 1.32 bits per heavy atom. The van der Waals surface area contributed by atoms with Gasteiger partial charge in [0.2, 0.25) is 0 Å². The molecule has 2 heterocycles. The van der Waals surface area contributed by atoms with Gasteiger partial charge in [-0.3, -0.25) is 4.79 Å². The van der Waals surface area contributed by atoms with Gasteiger partial charge >= 0.3 is 0 Å². The van der Waals surface area contributed by atoms with Crippen LogP contribution in [0.4, 0.5) is 0 Å². The van der Waals surface area contributed by atoms with Crippen LogP contribution in [0.25, 0.3) is 22.2 Å². The van der Waals surface area contributed by atoms with E-state index in [1.165, 1.54) is 6.20 Å². The first-order valence-corrected chi connectivity index (χ1v) is 6.66. The lowest BCUT2D eigenvalue weighted by atomic mass is 10.1. The maximum absolute atomic E-state index is 10.8. The summed E-state index contributed by atoms with van der Waals surface area (Å²) in [6.45, 7) is 0. The van der Waals surface area contributed by atoms with Crippen molar-refractivity contribution < 1.29 is 4.79 Å². The number of aromatic nitrogens is 4. The standard InChI is InChI=1S/C12H6ClIN4O/c13-9-5-15-11(6-19)17-12(9)7-2-1-3-10-8(7)4-16-18(10)14/h1-6H. The van der Waals surface area contributed by atoms with Crippen molar-refractivity contribution in [1.82, 2.24) is 18.0 Å². The summed E-state index contributed by atoms with van der Waals surface area (Å²) < 4.78 is 1.74. The molecule has 0 spiro atoms. The monoisotopic (exact) mass is 384 g/mol. The molecule has 2 aromatic heterocycles.